The Morgan fingerprint density at radius 1 is 1.28 bits per heavy atom. The summed E-state index contributed by atoms with van der Waals surface area (Å²) >= 11 is 13.6. The number of halogens is 2. The van der Waals surface area contributed by atoms with Crippen molar-refractivity contribution in [3.63, 3.8) is 0 Å². The lowest BCUT2D eigenvalue weighted by molar-refractivity contribution is 0.184. The van der Waals surface area contributed by atoms with Crippen molar-refractivity contribution < 1.29 is 4.74 Å². The molecule has 0 saturated carbocycles. The molecule has 0 aliphatic rings. The Morgan fingerprint density at radius 3 is 2.67 bits per heavy atom. The second-order valence-corrected chi connectivity index (χ2v) is 5.81. The molecule has 0 fully saturated rings. The standard InChI is InChI=1S/C13H13Cl2NOS/c1-8(16)13(12-3-2-6-18-12)17-11-7-9(14)4-5-10(11)15/h2-8,13H,16H2,1H3. The van der Waals surface area contributed by atoms with Crippen LogP contribution in [0.2, 0.25) is 10.0 Å². The van der Waals surface area contributed by atoms with E-state index in [9.17, 15) is 0 Å². The van der Waals surface area contributed by atoms with Gasteiger partial charge in [0.2, 0.25) is 0 Å². The van der Waals surface area contributed by atoms with Crippen molar-refractivity contribution in [2.45, 2.75) is 19.1 Å². The first-order valence-electron chi connectivity index (χ1n) is 5.48. The number of hydrogen-bond donors (Lipinski definition) is 1. The minimum absolute atomic E-state index is 0.140. The summed E-state index contributed by atoms with van der Waals surface area (Å²) in [6.07, 6.45) is -0.221. The van der Waals surface area contributed by atoms with Gasteiger partial charge in [-0.05, 0) is 30.5 Å². The third-order valence-corrected chi connectivity index (χ3v) is 3.93. The van der Waals surface area contributed by atoms with E-state index in [-0.39, 0.29) is 12.1 Å². The predicted octanol–water partition coefficient (Wildman–Crippen LogP) is 4.52. The molecule has 0 amide bonds. The molecule has 1 heterocycles. The molecular formula is C13H13Cl2NOS. The summed E-state index contributed by atoms with van der Waals surface area (Å²) in [5.41, 5.74) is 5.97. The molecule has 0 aliphatic heterocycles. The van der Waals surface area contributed by atoms with E-state index in [1.54, 1.807) is 29.5 Å². The Bertz CT molecular complexity index is 514. The first kappa shape index (κ1) is 13.7. The van der Waals surface area contributed by atoms with E-state index in [1.807, 2.05) is 24.4 Å². The highest BCUT2D eigenvalue weighted by Crippen LogP contribution is 2.33. The van der Waals surface area contributed by atoms with Crippen LogP contribution in [0.4, 0.5) is 0 Å². The smallest absolute Gasteiger partial charge is 0.148 e. The van der Waals surface area contributed by atoms with Crippen molar-refractivity contribution in [2.24, 2.45) is 5.73 Å². The molecule has 0 aliphatic carbocycles. The van der Waals surface area contributed by atoms with Gasteiger partial charge < -0.3 is 10.5 Å². The SMILES string of the molecule is CC(N)C(Oc1cc(Cl)ccc1Cl)c1cccs1. The van der Waals surface area contributed by atoms with Crippen LogP contribution >= 0.6 is 34.5 Å². The Hall–Kier alpha value is -0.740. The quantitative estimate of drug-likeness (QED) is 0.901. The number of ether oxygens (including phenoxy) is 1. The first-order chi connectivity index (χ1) is 8.58. The van der Waals surface area contributed by atoms with Crippen molar-refractivity contribution in [3.8, 4) is 5.75 Å². The van der Waals surface area contributed by atoms with Crippen molar-refractivity contribution in [2.75, 3.05) is 0 Å². The molecule has 0 radical (unpaired) electrons. The van der Waals surface area contributed by atoms with Crippen LogP contribution in [-0.2, 0) is 0 Å². The minimum atomic E-state index is -0.221. The van der Waals surface area contributed by atoms with E-state index in [0.717, 1.165) is 4.88 Å². The molecule has 0 bridgehead atoms. The van der Waals surface area contributed by atoms with Gasteiger partial charge in [0.05, 0.1) is 5.02 Å². The summed E-state index contributed by atoms with van der Waals surface area (Å²) in [6, 6.07) is 8.97. The van der Waals surface area contributed by atoms with E-state index in [2.05, 4.69) is 0 Å². The predicted molar refractivity (Wildman–Crippen MR) is 77.8 cm³/mol. The van der Waals surface area contributed by atoms with Crippen molar-refractivity contribution >= 4 is 34.5 Å². The maximum absolute atomic E-state index is 6.09. The molecule has 5 heteroatoms. The molecule has 0 spiro atoms. The summed E-state index contributed by atoms with van der Waals surface area (Å²) in [7, 11) is 0. The van der Waals surface area contributed by atoms with E-state index < -0.39 is 0 Å². The zero-order valence-electron chi connectivity index (χ0n) is 9.77. The summed E-state index contributed by atoms with van der Waals surface area (Å²) in [5.74, 6) is 0.555. The maximum atomic E-state index is 6.09. The summed E-state index contributed by atoms with van der Waals surface area (Å²) in [5, 5.41) is 3.11. The largest absolute Gasteiger partial charge is 0.482 e. The highest BCUT2D eigenvalue weighted by Gasteiger charge is 2.20. The summed E-state index contributed by atoms with van der Waals surface area (Å²) in [4.78, 5) is 1.07. The van der Waals surface area contributed by atoms with Gasteiger partial charge in [-0.1, -0.05) is 29.3 Å². The number of thiophene rings is 1. The molecule has 1 aromatic heterocycles. The maximum Gasteiger partial charge on any atom is 0.148 e. The van der Waals surface area contributed by atoms with Gasteiger partial charge in [0.15, 0.2) is 0 Å². The second kappa shape index (κ2) is 5.93. The molecule has 2 aromatic rings. The van der Waals surface area contributed by atoms with Gasteiger partial charge in [0.1, 0.15) is 11.9 Å². The molecule has 2 atom stereocenters. The fourth-order valence-electron chi connectivity index (χ4n) is 1.58. The van der Waals surface area contributed by atoms with Crippen LogP contribution in [0.5, 0.6) is 5.75 Å². The van der Waals surface area contributed by atoms with Gasteiger partial charge in [-0.3, -0.25) is 0 Å². The molecular weight excluding hydrogens is 289 g/mol. The molecule has 2 unspecified atom stereocenters. The summed E-state index contributed by atoms with van der Waals surface area (Å²) in [6.45, 7) is 1.91. The number of hydrogen-bond acceptors (Lipinski definition) is 3. The lowest BCUT2D eigenvalue weighted by Gasteiger charge is -2.22. The molecule has 2 nitrogen and oxygen atoms in total. The topological polar surface area (TPSA) is 35.2 Å². The zero-order chi connectivity index (χ0) is 13.1. The summed E-state index contributed by atoms with van der Waals surface area (Å²) < 4.78 is 5.90. The van der Waals surface area contributed by atoms with Crippen LogP contribution in [0.25, 0.3) is 0 Å². The van der Waals surface area contributed by atoms with Crippen LogP contribution in [0.15, 0.2) is 35.7 Å². The monoisotopic (exact) mass is 301 g/mol. The minimum Gasteiger partial charge on any atom is -0.482 e. The van der Waals surface area contributed by atoms with Gasteiger partial charge >= 0.3 is 0 Å². The third kappa shape index (κ3) is 3.18. The molecule has 18 heavy (non-hydrogen) atoms. The van der Waals surface area contributed by atoms with E-state index in [4.69, 9.17) is 33.7 Å². The second-order valence-electron chi connectivity index (χ2n) is 3.99. The van der Waals surface area contributed by atoms with E-state index >= 15 is 0 Å². The molecule has 96 valence electrons. The van der Waals surface area contributed by atoms with E-state index in [0.29, 0.717) is 15.8 Å². The van der Waals surface area contributed by atoms with Crippen LogP contribution in [0.3, 0.4) is 0 Å². The van der Waals surface area contributed by atoms with Gasteiger partial charge in [-0.25, -0.2) is 0 Å². The number of benzene rings is 1. The normalized spacial score (nSPS) is 14.2. The van der Waals surface area contributed by atoms with Gasteiger partial charge in [-0.15, -0.1) is 11.3 Å². The molecule has 1 aromatic carbocycles. The Balaban J connectivity index is 2.27. The lowest BCUT2D eigenvalue weighted by Crippen LogP contribution is -2.28. The Morgan fingerprint density at radius 2 is 2.06 bits per heavy atom. The average Bonchev–Trinajstić information content (AvgIpc) is 2.83. The lowest BCUT2D eigenvalue weighted by atomic mass is 10.1. The van der Waals surface area contributed by atoms with Gasteiger partial charge in [0, 0.05) is 22.0 Å². The highest BCUT2D eigenvalue weighted by atomic mass is 35.5. The third-order valence-electron chi connectivity index (χ3n) is 2.45. The molecule has 2 rings (SSSR count). The molecule has 2 N–H and O–H groups in total. The average molecular weight is 302 g/mol. The van der Waals surface area contributed by atoms with Crippen molar-refractivity contribution in [3.05, 3.63) is 50.6 Å². The van der Waals surface area contributed by atoms with Crippen LogP contribution in [0.1, 0.15) is 17.9 Å². The van der Waals surface area contributed by atoms with Crippen LogP contribution in [-0.4, -0.2) is 6.04 Å². The fourth-order valence-corrected chi connectivity index (χ4v) is 2.77. The number of nitrogens with two attached hydrogens (primary N) is 1. The fraction of sp³-hybridized carbons (Fsp3) is 0.231. The first-order valence-corrected chi connectivity index (χ1v) is 7.12. The van der Waals surface area contributed by atoms with Gasteiger partial charge in [0.25, 0.3) is 0 Å². The van der Waals surface area contributed by atoms with Crippen LogP contribution in [0, 0.1) is 0 Å². The molecule has 0 saturated heterocycles. The van der Waals surface area contributed by atoms with Gasteiger partial charge in [-0.2, -0.15) is 0 Å². The number of rotatable bonds is 4. The van der Waals surface area contributed by atoms with Crippen molar-refractivity contribution in [1.29, 1.82) is 0 Å². The Labute approximate surface area is 120 Å². The Kier molecular flexibility index (Phi) is 4.51. The van der Waals surface area contributed by atoms with Crippen LogP contribution < -0.4 is 10.5 Å². The zero-order valence-corrected chi connectivity index (χ0v) is 12.1. The van der Waals surface area contributed by atoms with E-state index in [1.165, 1.54) is 0 Å². The van der Waals surface area contributed by atoms with Crippen molar-refractivity contribution in [1.82, 2.24) is 0 Å². The highest BCUT2D eigenvalue weighted by molar-refractivity contribution is 7.10.